The van der Waals surface area contributed by atoms with E-state index in [1.165, 1.54) is 6.07 Å². The Labute approximate surface area is 239 Å². The number of pyridine rings is 1. The molecule has 2 heterocycles. The average molecular weight is 605 g/mol. The summed E-state index contributed by atoms with van der Waals surface area (Å²) in [4.78, 5) is 14.4. The fraction of sp³-hybridized carbons (Fsp3) is 0.241. The van der Waals surface area contributed by atoms with Crippen LogP contribution in [0.5, 0.6) is 0 Å². The first-order chi connectivity index (χ1) is 18.8. The van der Waals surface area contributed by atoms with Crippen LogP contribution in [0.2, 0.25) is 5.02 Å². The number of alkyl halides is 3. The summed E-state index contributed by atoms with van der Waals surface area (Å²) in [5, 5.41) is 9.79. The Kier molecular flexibility index (Phi) is 8.31. The Hall–Kier alpha value is -3.39. The summed E-state index contributed by atoms with van der Waals surface area (Å²) in [6.07, 6.45) is -4.93. The van der Waals surface area contributed by atoms with Crippen LogP contribution in [0.25, 0.3) is 21.0 Å². The van der Waals surface area contributed by atoms with Crippen molar-refractivity contribution in [1.29, 1.82) is 5.26 Å². The van der Waals surface area contributed by atoms with Gasteiger partial charge in [0.15, 0.2) is 9.84 Å². The van der Waals surface area contributed by atoms with Crippen molar-refractivity contribution in [2.24, 2.45) is 0 Å². The van der Waals surface area contributed by atoms with E-state index < -0.39 is 32.7 Å². The Balaban J connectivity index is 1.95. The van der Waals surface area contributed by atoms with E-state index in [2.05, 4.69) is 0 Å². The molecular formula is C29H24ClF3N2O3S2. The van der Waals surface area contributed by atoms with E-state index in [4.69, 9.17) is 11.6 Å². The van der Waals surface area contributed by atoms with Gasteiger partial charge in [-0.1, -0.05) is 50.6 Å². The van der Waals surface area contributed by atoms with E-state index in [9.17, 15) is 31.6 Å². The molecule has 0 aliphatic carbocycles. The maximum Gasteiger partial charge on any atom is 0.417 e. The molecule has 0 saturated carbocycles. The van der Waals surface area contributed by atoms with Crippen molar-refractivity contribution in [3.63, 3.8) is 0 Å². The van der Waals surface area contributed by atoms with Gasteiger partial charge in [-0.3, -0.25) is 4.79 Å². The number of aromatic nitrogens is 1. The van der Waals surface area contributed by atoms with Crippen molar-refractivity contribution in [1.82, 2.24) is 4.57 Å². The number of hydrogen-bond donors (Lipinski definition) is 0. The molecule has 0 radical (unpaired) electrons. The average Bonchev–Trinajstić information content (AvgIpc) is 3.40. The monoisotopic (exact) mass is 604 g/mol. The summed E-state index contributed by atoms with van der Waals surface area (Å²) >= 11 is 7.40. The molecule has 2 aromatic carbocycles. The number of halogens is 4. The number of nitrogens with zero attached hydrogens (tertiary/aromatic N) is 2. The van der Waals surface area contributed by atoms with E-state index in [1.807, 2.05) is 19.9 Å². The predicted molar refractivity (Wildman–Crippen MR) is 152 cm³/mol. The van der Waals surface area contributed by atoms with Crippen LogP contribution in [0, 0.1) is 11.3 Å². The van der Waals surface area contributed by atoms with Gasteiger partial charge in [0.25, 0.3) is 5.56 Å². The lowest BCUT2D eigenvalue weighted by atomic mass is 10.0. The maximum atomic E-state index is 13.9. The van der Waals surface area contributed by atoms with Crippen molar-refractivity contribution in [2.45, 2.75) is 44.3 Å². The molecule has 5 nitrogen and oxygen atoms in total. The highest BCUT2D eigenvalue weighted by molar-refractivity contribution is 7.91. The van der Waals surface area contributed by atoms with E-state index in [0.717, 1.165) is 27.5 Å². The highest BCUT2D eigenvalue weighted by Gasteiger charge is 2.37. The second-order valence-electron chi connectivity index (χ2n) is 9.42. The van der Waals surface area contributed by atoms with Crippen LogP contribution in [0.1, 0.15) is 48.9 Å². The lowest BCUT2D eigenvalue weighted by Gasteiger charge is -2.17. The quantitative estimate of drug-likeness (QED) is 0.216. The molecule has 0 spiro atoms. The Morgan fingerprint density at radius 2 is 1.73 bits per heavy atom. The molecule has 40 heavy (non-hydrogen) atoms. The molecule has 0 atom stereocenters. The lowest BCUT2D eigenvalue weighted by Crippen LogP contribution is -2.28. The van der Waals surface area contributed by atoms with Crippen molar-refractivity contribution in [3.05, 3.63) is 98.3 Å². The van der Waals surface area contributed by atoms with Gasteiger partial charge < -0.3 is 4.57 Å². The smallest absolute Gasteiger partial charge is 0.302 e. The summed E-state index contributed by atoms with van der Waals surface area (Å²) in [5.41, 5.74) is -1.55. The van der Waals surface area contributed by atoms with Gasteiger partial charge in [-0.25, -0.2) is 8.42 Å². The third-order valence-corrected chi connectivity index (χ3v) is 9.72. The number of benzene rings is 2. The fourth-order valence-electron chi connectivity index (χ4n) is 4.21. The van der Waals surface area contributed by atoms with E-state index >= 15 is 0 Å². The molecule has 4 aromatic rings. The molecule has 4 rings (SSSR count). The molecular weight excluding hydrogens is 581 g/mol. The molecule has 2 aromatic heterocycles. The molecule has 0 saturated heterocycles. The predicted octanol–water partition coefficient (Wildman–Crippen LogP) is 7.75. The second kappa shape index (κ2) is 11.2. The van der Waals surface area contributed by atoms with Crippen molar-refractivity contribution in [3.8, 4) is 27.1 Å². The standard InChI is InChI=1S/C29H24ClF3N2O3S2/c1-4-40(37,38)21-12-19(17(2)3)11-20(13-21)26-9-10-27(39-26)25-14-23(29(31,32)33)22(15-34)28(36)35(25)16-18-7-5-6-8-24(18)30/h5-14,17H,4,16H2,1-3H3. The minimum absolute atomic E-state index is 0.0267. The fourth-order valence-corrected chi connectivity index (χ4v) is 6.38. The van der Waals surface area contributed by atoms with Gasteiger partial charge in [-0.2, -0.15) is 18.4 Å². The number of rotatable bonds is 7. The van der Waals surface area contributed by atoms with Crippen LogP contribution < -0.4 is 5.56 Å². The van der Waals surface area contributed by atoms with Crippen molar-refractivity contribution in [2.75, 3.05) is 5.75 Å². The van der Waals surface area contributed by atoms with Gasteiger partial charge in [0.05, 0.1) is 33.3 Å². The Bertz CT molecular complexity index is 1800. The maximum absolute atomic E-state index is 13.9. The van der Waals surface area contributed by atoms with E-state index in [1.54, 1.807) is 55.5 Å². The topological polar surface area (TPSA) is 79.9 Å². The van der Waals surface area contributed by atoms with E-state index in [-0.39, 0.29) is 28.8 Å². The zero-order valence-electron chi connectivity index (χ0n) is 21.7. The third kappa shape index (κ3) is 5.87. The Morgan fingerprint density at radius 1 is 1.05 bits per heavy atom. The van der Waals surface area contributed by atoms with Crippen molar-refractivity contribution < 1.29 is 21.6 Å². The number of thiophene rings is 1. The first-order valence-corrected chi connectivity index (χ1v) is 15.1. The van der Waals surface area contributed by atoms with Gasteiger partial charge in [0.2, 0.25) is 0 Å². The van der Waals surface area contributed by atoms with Crippen LogP contribution in [-0.2, 0) is 22.6 Å². The lowest BCUT2D eigenvalue weighted by molar-refractivity contribution is -0.137. The van der Waals surface area contributed by atoms with Gasteiger partial charge >= 0.3 is 6.18 Å². The molecule has 0 amide bonds. The zero-order chi connectivity index (χ0) is 29.4. The Morgan fingerprint density at radius 3 is 2.33 bits per heavy atom. The first-order valence-electron chi connectivity index (χ1n) is 12.2. The summed E-state index contributed by atoms with van der Waals surface area (Å²) < 4.78 is 68.3. The molecule has 0 aliphatic heterocycles. The summed E-state index contributed by atoms with van der Waals surface area (Å²) in [6, 6.07) is 17.2. The largest absolute Gasteiger partial charge is 0.417 e. The summed E-state index contributed by atoms with van der Waals surface area (Å²) in [5.74, 6) is -0.0532. The van der Waals surface area contributed by atoms with Crippen LogP contribution in [0.3, 0.4) is 0 Å². The van der Waals surface area contributed by atoms with Gasteiger partial charge in [0, 0.05) is 9.90 Å². The van der Waals surface area contributed by atoms with Crippen molar-refractivity contribution >= 4 is 32.8 Å². The molecule has 0 aliphatic rings. The SMILES string of the molecule is CCS(=O)(=O)c1cc(-c2ccc(-c3cc(C(F)(F)F)c(C#N)c(=O)n3Cc3ccccc3Cl)s2)cc(C(C)C)c1. The molecule has 0 unspecified atom stereocenters. The third-order valence-electron chi connectivity index (χ3n) is 6.48. The minimum Gasteiger partial charge on any atom is -0.302 e. The molecule has 11 heteroatoms. The number of hydrogen-bond acceptors (Lipinski definition) is 5. The molecule has 208 valence electrons. The molecule has 0 N–H and O–H groups in total. The second-order valence-corrected chi connectivity index (χ2v) is 13.2. The van der Waals surface area contributed by atoms with Crippen LogP contribution in [-0.4, -0.2) is 18.7 Å². The normalized spacial score (nSPS) is 12.1. The van der Waals surface area contributed by atoms with Gasteiger partial charge in [-0.05, 0) is 65.1 Å². The number of nitriles is 1. The first kappa shape index (κ1) is 29.6. The number of sulfone groups is 1. The van der Waals surface area contributed by atoms with Crippen LogP contribution >= 0.6 is 22.9 Å². The highest BCUT2D eigenvalue weighted by Crippen LogP contribution is 2.39. The van der Waals surface area contributed by atoms with Crippen LogP contribution in [0.4, 0.5) is 13.2 Å². The zero-order valence-corrected chi connectivity index (χ0v) is 24.1. The van der Waals surface area contributed by atoms with Crippen LogP contribution in [0.15, 0.2) is 70.4 Å². The van der Waals surface area contributed by atoms with E-state index in [0.29, 0.717) is 25.9 Å². The molecule has 0 bridgehead atoms. The van der Waals surface area contributed by atoms with Gasteiger partial charge in [0.1, 0.15) is 11.6 Å². The molecule has 0 fully saturated rings. The summed E-state index contributed by atoms with van der Waals surface area (Å²) in [6.45, 7) is 5.27. The van der Waals surface area contributed by atoms with Gasteiger partial charge in [-0.15, -0.1) is 11.3 Å². The minimum atomic E-state index is -4.93. The highest BCUT2D eigenvalue weighted by atomic mass is 35.5. The summed E-state index contributed by atoms with van der Waals surface area (Å²) in [7, 11) is -3.52.